The molecule has 180 valence electrons. The van der Waals surface area contributed by atoms with Crippen LogP contribution in [-0.4, -0.2) is 39.6 Å². The Hall–Kier alpha value is -3.41. The quantitative estimate of drug-likeness (QED) is 0.506. The maximum Gasteiger partial charge on any atom is 0.245 e. The van der Waals surface area contributed by atoms with E-state index in [1.165, 1.54) is 0 Å². The summed E-state index contributed by atoms with van der Waals surface area (Å²) in [5.74, 6) is 0.548. The second-order valence-electron chi connectivity index (χ2n) is 10.3. The molecule has 3 aromatic rings. The molecule has 0 aliphatic heterocycles. The van der Waals surface area contributed by atoms with Crippen molar-refractivity contribution in [3.8, 4) is 5.69 Å². The van der Waals surface area contributed by atoms with E-state index in [4.69, 9.17) is 5.10 Å². The molecule has 0 aliphatic rings. The summed E-state index contributed by atoms with van der Waals surface area (Å²) < 4.78 is 1.77. The van der Waals surface area contributed by atoms with Crippen LogP contribution in [0.15, 0.2) is 60.7 Å². The predicted octanol–water partition coefficient (Wildman–Crippen LogP) is 5.14. The van der Waals surface area contributed by atoms with Crippen molar-refractivity contribution in [1.82, 2.24) is 14.7 Å². The second-order valence-corrected chi connectivity index (χ2v) is 10.3. The summed E-state index contributed by atoms with van der Waals surface area (Å²) in [6.07, 6.45) is 0.274. The van der Waals surface area contributed by atoms with Gasteiger partial charge in [0.2, 0.25) is 11.8 Å². The lowest BCUT2D eigenvalue weighted by Crippen LogP contribution is -2.41. The first kappa shape index (κ1) is 25.2. The number of benzene rings is 2. The fourth-order valence-corrected chi connectivity index (χ4v) is 3.73. The standard InChI is InChI=1S/C28H36N4O2/c1-20(2)18-31(27(34)16-22-12-8-7-9-13-22)19-26(33)29-25-17-24(28(4,5)6)30-32(25)23-14-10-11-21(3)15-23/h7-15,17,20H,16,18-19H2,1-6H3,(H,29,33). The molecule has 0 unspecified atom stereocenters. The third kappa shape index (κ3) is 6.80. The van der Waals surface area contributed by atoms with Crippen LogP contribution in [0.25, 0.3) is 5.69 Å². The maximum atomic E-state index is 13.1. The van der Waals surface area contributed by atoms with Gasteiger partial charge in [-0.25, -0.2) is 4.68 Å². The number of hydrogen-bond acceptors (Lipinski definition) is 3. The van der Waals surface area contributed by atoms with E-state index in [0.29, 0.717) is 12.4 Å². The number of aromatic nitrogens is 2. The highest BCUT2D eigenvalue weighted by Gasteiger charge is 2.23. The molecular formula is C28H36N4O2. The second kappa shape index (κ2) is 10.7. The normalized spacial score (nSPS) is 11.5. The largest absolute Gasteiger partial charge is 0.333 e. The van der Waals surface area contributed by atoms with Crippen molar-refractivity contribution >= 4 is 17.6 Å². The zero-order valence-corrected chi connectivity index (χ0v) is 21.1. The zero-order chi connectivity index (χ0) is 24.9. The summed E-state index contributed by atoms with van der Waals surface area (Å²) in [6.45, 7) is 12.9. The van der Waals surface area contributed by atoms with Crippen molar-refractivity contribution in [2.24, 2.45) is 5.92 Å². The van der Waals surface area contributed by atoms with Crippen LogP contribution >= 0.6 is 0 Å². The molecule has 0 atom stereocenters. The lowest BCUT2D eigenvalue weighted by Gasteiger charge is -2.24. The van der Waals surface area contributed by atoms with Crippen LogP contribution in [0.2, 0.25) is 0 Å². The molecule has 6 nitrogen and oxygen atoms in total. The average Bonchev–Trinajstić information content (AvgIpc) is 3.18. The number of carbonyl (C=O) groups excluding carboxylic acids is 2. The number of carbonyl (C=O) groups is 2. The van der Waals surface area contributed by atoms with Gasteiger partial charge in [0.05, 0.1) is 24.3 Å². The molecule has 1 aromatic heterocycles. The summed E-state index contributed by atoms with van der Waals surface area (Å²) >= 11 is 0. The van der Waals surface area contributed by atoms with Crippen LogP contribution in [-0.2, 0) is 21.4 Å². The van der Waals surface area contributed by atoms with Crippen LogP contribution in [0.3, 0.4) is 0 Å². The molecule has 0 saturated heterocycles. The summed E-state index contributed by atoms with van der Waals surface area (Å²) in [5.41, 5.74) is 3.63. The molecule has 1 heterocycles. The first-order chi connectivity index (χ1) is 16.0. The molecule has 3 rings (SSSR count). The molecule has 0 fully saturated rings. The molecule has 0 aliphatic carbocycles. The highest BCUT2D eigenvalue weighted by Crippen LogP contribution is 2.26. The minimum absolute atomic E-state index is 0.00625. The van der Waals surface area contributed by atoms with Gasteiger partial charge in [-0.15, -0.1) is 0 Å². The maximum absolute atomic E-state index is 13.1. The monoisotopic (exact) mass is 460 g/mol. The Morgan fingerprint density at radius 2 is 1.74 bits per heavy atom. The van der Waals surface area contributed by atoms with Gasteiger partial charge in [0, 0.05) is 18.0 Å². The van der Waals surface area contributed by atoms with E-state index in [9.17, 15) is 9.59 Å². The fraction of sp³-hybridized carbons (Fsp3) is 0.393. The van der Waals surface area contributed by atoms with Gasteiger partial charge in [0.1, 0.15) is 5.82 Å². The Morgan fingerprint density at radius 1 is 1.03 bits per heavy atom. The molecule has 2 aromatic carbocycles. The van der Waals surface area contributed by atoms with Gasteiger partial charge in [-0.3, -0.25) is 9.59 Å². The van der Waals surface area contributed by atoms with E-state index < -0.39 is 0 Å². The van der Waals surface area contributed by atoms with Gasteiger partial charge in [-0.1, -0.05) is 77.1 Å². The van der Waals surface area contributed by atoms with Crippen molar-refractivity contribution in [3.63, 3.8) is 0 Å². The topological polar surface area (TPSA) is 67.2 Å². The molecule has 6 heteroatoms. The van der Waals surface area contributed by atoms with Gasteiger partial charge >= 0.3 is 0 Å². The SMILES string of the molecule is Cc1cccc(-n2nc(C(C)(C)C)cc2NC(=O)CN(CC(C)C)C(=O)Cc2ccccc2)c1. The summed E-state index contributed by atoms with van der Waals surface area (Å²) in [4.78, 5) is 27.8. The number of nitrogens with one attached hydrogen (secondary N) is 1. The Kier molecular flexibility index (Phi) is 7.92. The van der Waals surface area contributed by atoms with Crippen molar-refractivity contribution < 1.29 is 9.59 Å². The minimum Gasteiger partial charge on any atom is -0.333 e. The first-order valence-electron chi connectivity index (χ1n) is 11.8. The van der Waals surface area contributed by atoms with E-state index in [2.05, 4.69) is 26.1 Å². The van der Waals surface area contributed by atoms with Crippen molar-refractivity contribution in [3.05, 3.63) is 77.5 Å². The molecule has 0 spiro atoms. The Morgan fingerprint density at radius 3 is 2.35 bits per heavy atom. The smallest absolute Gasteiger partial charge is 0.245 e. The molecule has 0 radical (unpaired) electrons. The van der Waals surface area contributed by atoms with Gasteiger partial charge in [0.15, 0.2) is 0 Å². The Balaban J connectivity index is 1.82. The molecular weight excluding hydrogens is 424 g/mol. The van der Waals surface area contributed by atoms with Crippen molar-refractivity contribution in [1.29, 1.82) is 0 Å². The number of anilines is 1. The van der Waals surface area contributed by atoms with E-state index in [1.807, 2.05) is 81.4 Å². The number of hydrogen-bond donors (Lipinski definition) is 1. The van der Waals surface area contributed by atoms with Crippen molar-refractivity contribution in [2.75, 3.05) is 18.4 Å². The number of amides is 2. The van der Waals surface area contributed by atoms with Crippen LogP contribution in [0.1, 0.15) is 51.4 Å². The lowest BCUT2D eigenvalue weighted by atomic mass is 9.92. The third-order valence-corrected chi connectivity index (χ3v) is 5.46. The summed E-state index contributed by atoms with van der Waals surface area (Å²) in [6, 6.07) is 19.5. The minimum atomic E-state index is -0.240. The number of nitrogens with zero attached hydrogens (tertiary/aromatic N) is 3. The highest BCUT2D eigenvalue weighted by atomic mass is 16.2. The van der Waals surface area contributed by atoms with Gasteiger partial charge in [-0.2, -0.15) is 5.10 Å². The third-order valence-electron chi connectivity index (χ3n) is 5.46. The van der Waals surface area contributed by atoms with Crippen LogP contribution < -0.4 is 5.32 Å². The van der Waals surface area contributed by atoms with Crippen LogP contribution in [0.4, 0.5) is 5.82 Å². The summed E-state index contributed by atoms with van der Waals surface area (Å²) in [7, 11) is 0. The summed E-state index contributed by atoms with van der Waals surface area (Å²) in [5, 5.41) is 7.80. The number of aryl methyl sites for hydroxylation is 1. The van der Waals surface area contributed by atoms with E-state index in [1.54, 1.807) is 9.58 Å². The van der Waals surface area contributed by atoms with Crippen LogP contribution in [0.5, 0.6) is 0 Å². The molecule has 34 heavy (non-hydrogen) atoms. The Bertz CT molecular complexity index is 1130. The van der Waals surface area contributed by atoms with E-state index in [-0.39, 0.29) is 36.1 Å². The molecule has 2 amide bonds. The van der Waals surface area contributed by atoms with Gasteiger partial charge in [0.25, 0.3) is 0 Å². The average molecular weight is 461 g/mol. The van der Waals surface area contributed by atoms with Crippen molar-refractivity contribution in [2.45, 2.75) is 53.4 Å². The highest BCUT2D eigenvalue weighted by molar-refractivity contribution is 5.94. The first-order valence-corrected chi connectivity index (χ1v) is 11.8. The van der Waals surface area contributed by atoms with Gasteiger partial charge in [-0.05, 0) is 36.1 Å². The van der Waals surface area contributed by atoms with Crippen LogP contribution in [0, 0.1) is 12.8 Å². The van der Waals surface area contributed by atoms with E-state index >= 15 is 0 Å². The van der Waals surface area contributed by atoms with Gasteiger partial charge < -0.3 is 10.2 Å². The Labute approximate surface area is 203 Å². The van der Waals surface area contributed by atoms with E-state index in [0.717, 1.165) is 22.5 Å². The molecule has 0 bridgehead atoms. The predicted molar refractivity (Wildman–Crippen MR) is 137 cm³/mol. The number of rotatable bonds is 8. The molecule has 0 saturated carbocycles. The lowest BCUT2D eigenvalue weighted by molar-refractivity contribution is -0.134. The zero-order valence-electron chi connectivity index (χ0n) is 21.1. The fourth-order valence-electron chi connectivity index (χ4n) is 3.73. The molecule has 1 N–H and O–H groups in total.